The molecule has 0 aromatic heterocycles. The van der Waals surface area contributed by atoms with E-state index >= 15 is 0 Å². The van der Waals surface area contributed by atoms with Crippen LogP contribution < -0.4 is 10.6 Å². The topological polar surface area (TPSA) is 78.4 Å². The first kappa shape index (κ1) is 17.6. The van der Waals surface area contributed by atoms with Crippen molar-refractivity contribution < 1.29 is 14.7 Å². The molecule has 0 atom stereocenters. The molecule has 0 saturated carbocycles. The lowest BCUT2D eigenvalue weighted by Gasteiger charge is -2.09. The van der Waals surface area contributed by atoms with Crippen molar-refractivity contribution >= 4 is 40.9 Å². The highest BCUT2D eigenvalue weighted by molar-refractivity contribution is 6.31. The molecule has 1 amide bonds. The van der Waals surface area contributed by atoms with Crippen molar-refractivity contribution in [1.82, 2.24) is 0 Å². The van der Waals surface area contributed by atoms with E-state index in [4.69, 9.17) is 11.6 Å². The summed E-state index contributed by atoms with van der Waals surface area (Å²) in [6.07, 6.45) is 1.72. The molecule has 5 nitrogen and oxygen atoms in total. The smallest absolute Gasteiger partial charge is 0.337 e. The molecule has 2 aromatic carbocycles. The minimum atomic E-state index is -1.13. The van der Waals surface area contributed by atoms with Gasteiger partial charge in [0.15, 0.2) is 0 Å². The van der Waals surface area contributed by atoms with Crippen molar-refractivity contribution in [3.63, 3.8) is 0 Å². The number of nitrogens with one attached hydrogen (secondary N) is 2. The van der Waals surface area contributed by atoms with Gasteiger partial charge in [-0.25, -0.2) is 4.79 Å². The van der Waals surface area contributed by atoms with Crippen molar-refractivity contribution in [2.75, 3.05) is 17.7 Å². The van der Waals surface area contributed by atoms with E-state index in [1.165, 1.54) is 18.2 Å². The first-order valence-corrected chi connectivity index (χ1v) is 7.59. The van der Waals surface area contributed by atoms with Crippen LogP contribution in [0.4, 0.5) is 11.4 Å². The quantitative estimate of drug-likeness (QED) is 0.713. The first-order chi connectivity index (χ1) is 11.4. The minimum absolute atomic E-state index is 0.0149. The normalized spacial score (nSPS) is 11.0. The number of carboxylic acids is 1. The molecular weight excluding hydrogens is 328 g/mol. The van der Waals surface area contributed by atoms with Gasteiger partial charge in [0.05, 0.1) is 11.3 Å². The van der Waals surface area contributed by atoms with Crippen LogP contribution in [0.5, 0.6) is 0 Å². The molecule has 0 bridgehead atoms. The highest BCUT2D eigenvalue weighted by atomic mass is 35.5. The number of hydrogen-bond donors (Lipinski definition) is 3. The summed E-state index contributed by atoms with van der Waals surface area (Å²) in [5, 5.41) is 15.1. The zero-order valence-electron chi connectivity index (χ0n) is 13.3. The molecule has 0 aliphatic carbocycles. The van der Waals surface area contributed by atoms with Crippen LogP contribution >= 0.6 is 11.6 Å². The Morgan fingerprint density at radius 3 is 2.38 bits per heavy atom. The molecule has 3 N–H and O–H groups in total. The van der Waals surface area contributed by atoms with E-state index in [9.17, 15) is 14.7 Å². The number of rotatable bonds is 5. The van der Waals surface area contributed by atoms with E-state index in [1.807, 2.05) is 31.3 Å². The van der Waals surface area contributed by atoms with Crippen molar-refractivity contribution in [3.8, 4) is 0 Å². The van der Waals surface area contributed by atoms with Crippen molar-refractivity contribution in [2.45, 2.75) is 6.92 Å². The van der Waals surface area contributed by atoms with Crippen LogP contribution in [0.2, 0.25) is 5.02 Å². The summed E-state index contributed by atoms with van der Waals surface area (Å²) >= 11 is 5.88. The lowest BCUT2D eigenvalue weighted by atomic mass is 10.1. The third-order valence-electron chi connectivity index (χ3n) is 3.40. The van der Waals surface area contributed by atoms with E-state index in [2.05, 4.69) is 10.6 Å². The van der Waals surface area contributed by atoms with Gasteiger partial charge in [-0.05, 0) is 48.9 Å². The molecule has 0 aliphatic rings. The third kappa shape index (κ3) is 4.36. The number of anilines is 2. The van der Waals surface area contributed by atoms with Crippen LogP contribution in [0.25, 0.3) is 6.08 Å². The molecule has 0 radical (unpaired) electrons. The van der Waals surface area contributed by atoms with Gasteiger partial charge in [-0.1, -0.05) is 23.7 Å². The second-order valence-corrected chi connectivity index (χ2v) is 5.58. The summed E-state index contributed by atoms with van der Waals surface area (Å²) in [7, 11) is 1.83. The van der Waals surface area contributed by atoms with Gasteiger partial charge in [-0.15, -0.1) is 0 Å². The number of carbonyl (C=O) groups is 2. The Bertz CT molecular complexity index is 798. The Balaban J connectivity index is 2.21. The molecule has 0 fully saturated rings. The van der Waals surface area contributed by atoms with Crippen LogP contribution in [0, 0.1) is 0 Å². The molecule has 0 unspecified atom stereocenters. The zero-order chi connectivity index (χ0) is 17.7. The summed E-state index contributed by atoms with van der Waals surface area (Å²) in [6, 6.07) is 11.8. The van der Waals surface area contributed by atoms with Crippen molar-refractivity contribution in [3.05, 3.63) is 64.2 Å². The number of amides is 1. The molecule has 6 heteroatoms. The van der Waals surface area contributed by atoms with Gasteiger partial charge in [0.25, 0.3) is 5.91 Å². The van der Waals surface area contributed by atoms with Gasteiger partial charge in [0.2, 0.25) is 0 Å². The highest BCUT2D eigenvalue weighted by Crippen LogP contribution is 2.22. The van der Waals surface area contributed by atoms with Gasteiger partial charge >= 0.3 is 5.97 Å². The van der Waals surface area contributed by atoms with Crippen LogP contribution in [0.15, 0.2) is 48.0 Å². The monoisotopic (exact) mass is 344 g/mol. The van der Waals surface area contributed by atoms with Crippen LogP contribution in [0.3, 0.4) is 0 Å². The van der Waals surface area contributed by atoms with Gasteiger partial charge in [-0.3, -0.25) is 4.79 Å². The van der Waals surface area contributed by atoms with Crippen molar-refractivity contribution in [1.29, 1.82) is 0 Å². The molecule has 0 aliphatic heterocycles. The van der Waals surface area contributed by atoms with Crippen LogP contribution in [-0.4, -0.2) is 24.0 Å². The predicted molar refractivity (Wildman–Crippen MR) is 96.7 cm³/mol. The molecule has 2 rings (SSSR count). The van der Waals surface area contributed by atoms with E-state index in [1.54, 1.807) is 13.0 Å². The standard InChI is InChI=1S/C18H17ClN2O3/c1-11(9-12-3-6-14(20-2)7-4-12)17(22)21-16-10-13(19)5-8-15(16)18(23)24/h3-10,20H,1-2H3,(H,21,22)(H,23,24)/b11-9+. The van der Waals surface area contributed by atoms with E-state index in [0.29, 0.717) is 10.6 Å². The molecule has 124 valence electrons. The van der Waals surface area contributed by atoms with Gasteiger partial charge in [-0.2, -0.15) is 0 Å². The van der Waals surface area contributed by atoms with E-state index in [-0.39, 0.29) is 11.3 Å². The van der Waals surface area contributed by atoms with Crippen molar-refractivity contribution in [2.24, 2.45) is 0 Å². The Morgan fingerprint density at radius 2 is 1.79 bits per heavy atom. The number of benzene rings is 2. The molecule has 0 heterocycles. The Labute approximate surface area is 145 Å². The second-order valence-electron chi connectivity index (χ2n) is 5.15. The average molecular weight is 345 g/mol. The summed E-state index contributed by atoms with van der Waals surface area (Å²) in [5.41, 5.74) is 2.44. The summed E-state index contributed by atoms with van der Waals surface area (Å²) in [4.78, 5) is 23.5. The lowest BCUT2D eigenvalue weighted by Crippen LogP contribution is -2.15. The average Bonchev–Trinajstić information content (AvgIpc) is 2.55. The summed E-state index contributed by atoms with van der Waals surface area (Å²) in [5.74, 6) is -1.52. The van der Waals surface area contributed by atoms with Gasteiger partial charge in [0.1, 0.15) is 0 Å². The largest absolute Gasteiger partial charge is 0.478 e. The third-order valence-corrected chi connectivity index (χ3v) is 3.64. The van der Waals surface area contributed by atoms with E-state index < -0.39 is 11.9 Å². The fourth-order valence-electron chi connectivity index (χ4n) is 2.09. The number of hydrogen-bond acceptors (Lipinski definition) is 3. The lowest BCUT2D eigenvalue weighted by molar-refractivity contribution is -0.112. The maximum Gasteiger partial charge on any atom is 0.337 e. The summed E-state index contributed by atoms with van der Waals surface area (Å²) < 4.78 is 0. The Kier molecular flexibility index (Phi) is 5.60. The number of halogens is 1. The Hall–Kier alpha value is -2.79. The van der Waals surface area contributed by atoms with Gasteiger partial charge < -0.3 is 15.7 Å². The fraction of sp³-hybridized carbons (Fsp3) is 0.111. The number of carboxylic acid groups (broad SMARTS) is 1. The van der Waals surface area contributed by atoms with Crippen LogP contribution in [-0.2, 0) is 4.79 Å². The zero-order valence-corrected chi connectivity index (χ0v) is 14.0. The maximum absolute atomic E-state index is 12.3. The molecule has 0 saturated heterocycles. The molecule has 2 aromatic rings. The number of carbonyl (C=O) groups excluding carboxylic acids is 1. The molecule has 0 spiro atoms. The van der Waals surface area contributed by atoms with Crippen LogP contribution in [0.1, 0.15) is 22.8 Å². The van der Waals surface area contributed by atoms with E-state index in [0.717, 1.165) is 11.3 Å². The number of aromatic carboxylic acids is 1. The minimum Gasteiger partial charge on any atom is -0.478 e. The Morgan fingerprint density at radius 1 is 1.12 bits per heavy atom. The maximum atomic E-state index is 12.3. The second kappa shape index (κ2) is 7.66. The molecule has 24 heavy (non-hydrogen) atoms. The fourth-order valence-corrected chi connectivity index (χ4v) is 2.26. The van der Waals surface area contributed by atoms with Gasteiger partial charge in [0, 0.05) is 23.3 Å². The molecular formula is C18H17ClN2O3. The summed E-state index contributed by atoms with van der Waals surface area (Å²) in [6.45, 7) is 1.66. The SMILES string of the molecule is CNc1ccc(/C=C(\C)C(=O)Nc2cc(Cl)ccc2C(=O)O)cc1. The highest BCUT2D eigenvalue weighted by Gasteiger charge is 2.14. The predicted octanol–water partition coefficient (Wildman–Crippen LogP) is 4.12. The first-order valence-electron chi connectivity index (χ1n) is 7.21.